The Morgan fingerprint density at radius 1 is 1.27 bits per heavy atom. The smallest absolute Gasteiger partial charge is 0.362 e. The zero-order valence-corrected chi connectivity index (χ0v) is 17.3. The highest BCUT2D eigenvalue weighted by Crippen LogP contribution is 2.35. The lowest BCUT2D eigenvalue weighted by atomic mass is 10.3. The van der Waals surface area contributed by atoms with Crippen LogP contribution in [0.15, 0.2) is 22.7 Å². The van der Waals surface area contributed by atoms with Crippen LogP contribution in [0.2, 0.25) is 10.0 Å². The standard InChI is InChI=1S/C15H14BrCl2F3N4S/c1-8-12(16)13(15(19,20)21)24-25(8)4-2-3-22-14(26)23-11-6-9(17)5-10(18)7-11/h5-7H,2-4H2,1H3,(H2,22,23,26). The number of alkyl halides is 3. The van der Waals surface area contributed by atoms with Crippen LogP contribution in [-0.2, 0) is 12.7 Å². The van der Waals surface area contributed by atoms with Crippen LogP contribution in [0.3, 0.4) is 0 Å². The van der Waals surface area contributed by atoms with Crippen LogP contribution in [0.25, 0.3) is 0 Å². The Hall–Kier alpha value is -1.03. The molecule has 142 valence electrons. The number of benzene rings is 1. The molecule has 0 aliphatic rings. The number of aryl methyl sites for hydroxylation is 1. The van der Waals surface area contributed by atoms with Gasteiger partial charge in [-0.3, -0.25) is 4.68 Å². The molecule has 0 aliphatic heterocycles. The summed E-state index contributed by atoms with van der Waals surface area (Å²) in [4.78, 5) is 0. The first-order valence-corrected chi connectivity index (χ1v) is 9.34. The van der Waals surface area contributed by atoms with Crippen LogP contribution in [0, 0.1) is 6.92 Å². The zero-order chi connectivity index (χ0) is 19.5. The van der Waals surface area contributed by atoms with Gasteiger partial charge in [-0.1, -0.05) is 23.2 Å². The number of rotatable bonds is 5. The van der Waals surface area contributed by atoms with Crippen LogP contribution in [0.1, 0.15) is 17.8 Å². The molecule has 0 aliphatic carbocycles. The summed E-state index contributed by atoms with van der Waals surface area (Å²) in [5, 5.41) is 10.8. The van der Waals surface area contributed by atoms with Crippen LogP contribution < -0.4 is 10.6 Å². The van der Waals surface area contributed by atoms with E-state index in [1.54, 1.807) is 25.1 Å². The third-order valence-corrected chi connectivity index (χ3v) is 4.99. The first kappa shape index (κ1) is 21.3. The molecule has 2 N–H and O–H groups in total. The van der Waals surface area contributed by atoms with Crippen molar-refractivity contribution in [1.82, 2.24) is 15.1 Å². The molecule has 0 bridgehead atoms. The van der Waals surface area contributed by atoms with Crippen molar-refractivity contribution < 1.29 is 13.2 Å². The highest BCUT2D eigenvalue weighted by molar-refractivity contribution is 9.10. The number of nitrogens with zero attached hydrogens (tertiary/aromatic N) is 2. The van der Waals surface area contributed by atoms with E-state index >= 15 is 0 Å². The molecule has 0 saturated carbocycles. The summed E-state index contributed by atoms with van der Waals surface area (Å²) in [6.07, 6.45) is -3.96. The molecule has 0 amide bonds. The summed E-state index contributed by atoms with van der Waals surface area (Å²) in [5.41, 5.74) is 0.145. The average Bonchev–Trinajstić information content (AvgIpc) is 2.78. The molecule has 4 nitrogen and oxygen atoms in total. The number of nitrogens with one attached hydrogen (secondary N) is 2. The third-order valence-electron chi connectivity index (χ3n) is 3.35. The Bertz CT molecular complexity index is 791. The molecule has 1 aromatic carbocycles. The summed E-state index contributed by atoms with van der Waals surface area (Å²) in [6, 6.07) is 4.94. The Labute approximate surface area is 172 Å². The maximum Gasteiger partial charge on any atom is 0.436 e. The largest absolute Gasteiger partial charge is 0.436 e. The lowest BCUT2D eigenvalue weighted by Gasteiger charge is -2.11. The number of aromatic nitrogens is 2. The average molecular weight is 490 g/mol. The molecule has 1 aromatic heterocycles. The fourth-order valence-electron chi connectivity index (χ4n) is 2.16. The van der Waals surface area contributed by atoms with Crippen LogP contribution >= 0.6 is 51.3 Å². The maximum absolute atomic E-state index is 12.8. The zero-order valence-electron chi connectivity index (χ0n) is 13.4. The SMILES string of the molecule is Cc1c(Br)c(C(F)(F)F)nn1CCCNC(=S)Nc1cc(Cl)cc(Cl)c1. The fourth-order valence-corrected chi connectivity index (χ4v) is 3.41. The number of thiocarbonyl (C=S) groups is 1. The van der Waals surface area contributed by atoms with Gasteiger partial charge < -0.3 is 10.6 Å². The Balaban J connectivity index is 1.84. The molecule has 0 spiro atoms. The van der Waals surface area contributed by atoms with E-state index < -0.39 is 11.9 Å². The summed E-state index contributed by atoms with van der Waals surface area (Å²) in [6.45, 7) is 2.35. The Morgan fingerprint density at radius 2 is 1.88 bits per heavy atom. The van der Waals surface area contributed by atoms with E-state index in [2.05, 4.69) is 31.7 Å². The van der Waals surface area contributed by atoms with Gasteiger partial charge in [0.1, 0.15) is 0 Å². The second-order valence-electron chi connectivity index (χ2n) is 5.36. The van der Waals surface area contributed by atoms with Gasteiger partial charge in [0.2, 0.25) is 0 Å². The minimum atomic E-state index is -4.49. The van der Waals surface area contributed by atoms with Gasteiger partial charge >= 0.3 is 6.18 Å². The lowest BCUT2D eigenvalue weighted by Crippen LogP contribution is -2.29. The van der Waals surface area contributed by atoms with Crippen molar-refractivity contribution >= 4 is 62.1 Å². The van der Waals surface area contributed by atoms with Crippen molar-refractivity contribution in [3.05, 3.63) is 44.1 Å². The first-order valence-electron chi connectivity index (χ1n) is 7.39. The van der Waals surface area contributed by atoms with Gasteiger partial charge in [0.15, 0.2) is 10.8 Å². The van der Waals surface area contributed by atoms with E-state index in [9.17, 15) is 13.2 Å². The lowest BCUT2D eigenvalue weighted by molar-refractivity contribution is -0.142. The maximum atomic E-state index is 12.8. The van der Waals surface area contributed by atoms with E-state index in [1.807, 2.05) is 0 Å². The van der Waals surface area contributed by atoms with Crippen molar-refractivity contribution in [2.45, 2.75) is 26.1 Å². The third kappa shape index (κ3) is 5.73. The number of anilines is 1. The molecule has 11 heteroatoms. The molecule has 0 saturated heterocycles. The molecule has 26 heavy (non-hydrogen) atoms. The second kappa shape index (κ2) is 8.77. The van der Waals surface area contributed by atoms with Gasteiger partial charge in [-0.25, -0.2) is 0 Å². The number of hydrogen-bond donors (Lipinski definition) is 2. The Morgan fingerprint density at radius 3 is 2.42 bits per heavy atom. The van der Waals surface area contributed by atoms with E-state index in [-0.39, 0.29) is 4.47 Å². The van der Waals surface area contributed by atoms with Crippen molar-refractivity contribution in [2.75, 3.05) is 11.9 Å². The Kier molecular flexibility index (Phi) is 7.18. The van der Waals surface area contributed by atoms with Crippen molar-refractivity contribution in [3.63, 3.8) is 0 Å². The second-order valence-corrected chi connectivity index (χ2v) is 7.44. The highest BCUT2D eigenvalue weighted by atomic mass is 79.9. The van der Waals surface area contributed by atoms with Gasteiger partial charge in [-0.05, 0) is 59.7 Å². The molecule has 0 atom stereocenters. The summed E-state index contributed by atoms with van der Waals surface area (Å²) in [5.74, 6) is 0. The summed E-state index contributed by atoms with van der Waals surface area (Å²) < 4.78 is 39.8. The van der Waals surface area contributed by atoms with Crippen LogP contribution in [-0.4, -0.2) is 21.4 Å². The minimum absolute atomic E-state index is 0.0343. The molecular formula is C15H14BrCl2F3N4S. The van der Waals surface area contributed by atoms with Crippen molar-refractivity contribution in [1.29, 1.82) is 0 Å². The predicted molar refractivity (Wildman–Crippen MR) is 105 cm³/mol. The normalized spacial score (nSPS) is 11.5. The molecular weight excluding hydrogens is 476 g/mol. The summed E-state index contributed by atoms with van der Waals surface area (Å²) in [7, 11) is 0. The van der Waals surface area contributed by atoms with Crippen molar-refractivity contribution in [3.8, 4) is 0 Å². The molecule has 2 aromatic rings. The number of halogens is 6. The van der Waals surface area contributed by atoms with Crippen molar-refractivity contribution in [2.24, 2.45) is 0 Å². The molecule has 0 radical (unpaired) electrons. The van der Waals surface area contributed by atoms with Gasteiger partial charge in [0, 0.05) is 28.8 Å². The van der Waals surface area contributed by atoms with E-state index in [0.717, 1.165) is 0 Å². The van der Waals surface area contributed by atoms with Gasteiger partial charge in [-0.15, -0.1) is 0 Å². The molecule has 2 rings (SSSR count). The topological polar surface area (TPSA) is 41.9 Å². The van der Waals surface area contributed by atoms with Gasteiger partial charge in [0.05, 0.1) is 10.2 Å². The quantitative estimate of drug-likeness (QED) is 0.420. The van der Waals surface area contributed by atoms with Crippen LogP contribution in [0.5, 0.6) is 0 Å². The first-order chi connectivity index (χ1) is 12.1. The van der Waals surface area contributed by atoms with Gasteiger partial charge in [0.25, 0.3) is 0 Å². The fraction of sp³-hybridized carbons (Fsp3) is 0.333. The molecule has 1 heterocycles. The predicted octanol–water partition coefficient (Wildman–Crippen LogP) is 5.66. The van der Waals surface area contributed by atoms with E-state index in [4.69, 9.17) is 35.4 Å². The molecule has 0 unspecified atom stereocenters. The monoisotopic (exact) mass is 488 g/mol. The minimum Gasteiger partial charge on any atom is -0.362 e. The molecule has 0 fully saturated rings. The van der Waals surface area contributed by atoms with Gasteiger partial charge in [-0.2, -0.15) is 18.3 Å². The highest BCUT2D eigenvalue weighted by Gasteiger charge is 2.37. The van der Waals surface area contributed by atoms with E-state index in [1.165, 1.54) is 4.68 Å². The van der Waals surface area contributed by atoms with Crippen LogP contribution in [0.4, 0.5) is 18.9 Å². The van der Waals surface area contributed by atoms with E-state index in [0.29, 0.717) is 46.0 Å². The number of hydrogen-bond acceptors (Lipinski definition) is 2. The summed E-state index contributed by atoms with van der Waals surface area (Å²) >= 11 is 19.9.